The van der Waals surface area contributed by atoms with Crippen LogP contribution in [0.25, 0.3) is 6.08 Å². The minimum absolute atomic E-state index is 0.0987. The first-order valence-corrected chi connectivity index (χ1v) is 12.6. The van der Waals surface area contributed by atoms with Crippen LogP contribution in [0.4, 0.5) is 11.4 Å². The quantitative estimate of drug-likeness (QED) is 0.199. The molecule has 5 heteroatoms. The van der Waals surface area contributed by atoms with E-state index in [2.05, 4.69) is 16.7 Å². The molecule has 0 saturated heterocycles. The third kappa shape index (κ3) is 6.96. The van der Waals surface area contributed by atoms with E-state index in [1.807, 2.05) is 111 Å². The molecule has 2 amide bonds. The van der Waals surface area contributed by atoms with E-state index in [-0.39, 0.29) is 11.8 Å². The normalized spacial score (nSPS) is 11.7. The summed E-state index contributed by atoms with van der Waals surface area (Å²) in [5, 5.41) is 5.54. The van der Waals surface area contributed by atoms with Crippen molar-refractivity contribution in [1.82, 2.24) is 0 Å². The fourth-order valence-electron chi connectivity index (χ4n) is 3.76. The molecule has 4 aromatic carbocycles. The Balaban J connectivity index is 1.50. The molecule has 0 saturated carbocycles. The van der Waals surface area contributed by atoms with E-state index in [4.69, 9.17) is 0 Å². The van der Waals surface area contributed by atoms with Crippen molar-refractivity contribution in [2.24, 2.45) is 0 Å². The van der Waals surface area contributed by atoms with E-state index in [0.29, 0.717) is 5.69 Å². The molecule has 1 atom stereocenters. The summed E-state index contributed by atoms with van der Waals surface area (Å²) in [7, 11) is 0. The molecule has 0 heterocycles. The topological polar surface area (TPSA) is 58.2 Å². The van der Waals surface area contributed by atoms with Gasteiger partial charge in [-0.15, -0.1) is 11.8 Å². The molecule has 180 valence electrons. The summed E-state index contributed by atoms with van der Waals surface area (Å²) in [5.74, 6) is -0.313. The Bertz CT molecular complexity index is 1370. The Kier molecular flexibility index (Phi) is 8.37. The summed E-state index contributed by atoms with van der Waals surface area (Å²) in [4.78, 5) is 26.7. The van der Waals surface area contributed by atoms with Gasteiger partial charge in [-0.3, -0.25) is 9.59 Å². The van der Waals surface area contributed by atoms with Crippen LogP contribution in [0.5, 0.6) is 0 Å². The van der Waals surface area contributed by atoms with Gasteiger partial charge in [0, 0.05) is 22.3 Å². The largest absolute Gasteiger partial charge is 0.325 e. The molecule has 0 aliphatic rings. The first-order valence-electron chi connectivity index (χ1n) is 11.7. The van der Waals surface area contributed by atoms with Crippen molar-refractivity contribution in [2.45, 2.75) is 24.0 Å². The van der Waals surface area contributed by atoms with E-state index in [1.54, 1.807) is 6.08 Å². The Labute approximate surface area is 216 Å². The predicted molar refractivity (Wildman–Crippen MR) is 150 cm³/mol. The van der Waals surface area contributed by atoms with Gasteiger partial charge in [-0.1, -0.05) is 84.4 Å². The highest BCUT2D eigenvalue weighted by Gasteiger charge is 2.23. The van der Waals surface area contributed by atoms with Crippen LogP contribution in [0.1, 0.15) is 27.5 Å². The van der Waals surface area contributed by atoms with Crippen molar-refractivity contribution in [2.75, 3.05) is 10.6 Å². The van der Waals surface area contributed by atoms with Crippen LogP contribution in [0.3, 0.4) is 0 Å². The summed E-state index contributed by atoms with van der Waals surface area (Å²) in [6, 6.07) is 32.9. The Morgan fingerprint density at radius 3 is 2.22 bits per heavy atom. The second kappa shape index (κ2) is 12.0. The zero-order valence-electron chi connectivity index (χ0n) is 20.3. The number of aryl methyl sites for hydroxylation is 2. The van der Waals surface area contributed by atoms with Crippen molar-refractivity contribution >= 4 is 41.0 Å². The van der Waals surface area contributed by atoms with Gasteiger partial charge in [0.05, 0.1) is 0 Å². The van der Waals surface area contributed by atoms with Crippen molar-refractivity contribution in [3.8, 4) is 0 Å². The molecular formula is C31H28N2O2S. The Hall–Kier alpha value is -4.09. The molecule has 1 unspecified atom stereocenters. The fourth-order valence-corrected chi connectivity index (χ4v) is 4.84. The summed E-state index contributed by atoms with van der Waals surface area (Å²) in [6.07, 6.45) is 3.29. The molecule has 0 spiro atoms. The maximum absolute atomic E-state index is 13.4. The van der Waals surface area contributed by atoms with E-state index in [1.165, 1.54) is 17.8 Å². The van der Waals surface area contributed by atoms with Gasteiger partial charge in [0.15, 0.2) is 0 Å². The first-order chi connectivity index (χ1) is 17.5. The van der Waals surface area contributed by atoms with E-state index < -0.39 is 5.25 Å². The molecule has 0 aromatic heterocycles. The lowest BCUT2D eigenvalue weighted by Gasteiger charge is -2.18. The zero-order valence-corrected chi connectivity index (χ0v) is 21.1. The maximum Gasteiger partial charge on any atom is 0.248 e. The summed E-state index contributed by atoms with van der Waals surface area (Å²) in [6.45, 7) is 4.02. The molecular weight excluding hydrogens is 464 g/mol. The van der Waals surface area contributed by atoms with Gasteiger partial charge in [-0.2, -0.15) is 0 Å². The van der Waals surface area contributed by atoms with Crippen LogP contribution in [0, 0.1) is 13.8 Å². The maximum atomic E-state index is 13.4. The predicted octanol–water partition coefficient (Wildman–Crippen LogP) is 7.43. The van der Waals surface area contributed by atoms with Crippen LogP contribution in [0.15, 0.2) is 114 Å². The van der Waals surface area contributed by atoms with E-state index in [0.717, 1.165) is 32.8 Å². The molecule has 0 aliphatic carbocycles. The number of hydrogen-bond donors (Lipinski definition) is 2. The van der Waals surface area contributed by atoms with Gasteiger partial charge in [0.25, 0.3) is 0 Å². The van der Waals surface area contributed by atoms with Crippen LogP contribution in [-0.4, -0.2) is 11.8 Å². The lowest BCUT2D eigenvalue weighted by Crippen LogP contribution is -2.19. The molecule has 36 heavy (non-hydrogen) atoms. The van der Waals surface area contributed by atoms with Crippen molar-refractivity contribution in [1.29, 1.82) is 0 Å². The molecule has 0 aliphatic heterocycles. The van der Waals surface area contributed by atoms with Gasteiger partial charge in [0.1, 0.15) is 5.25 Å². The highest BCUT2D eigenvalue weighted by atomic mass is 32.2. The van der Waals surface area contributed by atoms with Gasteiger partial charge in [0.2, 0.25) is 11.8 Å². The van der Waals surface area contributed by atoms with Gasteiger partial charge in [-0.05, 0) is 60.9 Å². The number of nitrogens with one attached hydrogen (secondary N) is 2. The highest BCUT2D eigenvalue weighted by Crippen LogP contribution is 2.37. The summed E-state index contributed by atoms with van der Waals surface area (Å²) in [5.41, 5.74) is 5.51. The number of carbonyl (C=O) groups excluding carboxylic acids is 2. The summed E-state index contributed by atoms with van der Waals surface area (Å²) >= 11 is 1.45. The lowest BCUT2D eigenvalue weighted by molar-refractivity contribution is -0.116. The monoisotopic (exact) mass is 492 g/mol. The standard InChI is InChI=1S/C31H28N2O2S/c1-22-16-18-28(23(2)20-22)33-31(35)30(25-12-7-4-8-13-25)36-27-15-9-14-26(21-27)32-29(34)19-17-24-10-5-3-6-11-24/h3-21,30H,1-2H3,(H,32,34)(H,33,35)/b19-17+. The van der Waals surface area contributed by atoms with E-state index in [9.17, 15) is 9.59 Å². The van der Waals surface area contributed by atoms with Gasteiger partial charge in [-0.25, -0.2) is 0 Å². The van der Waals surface area contributed by atoms with Crippen LogP contribution >= 0.6 is 11.8 Å². The van der Waals surface area contributed by atoms with Crippen molar-refractivity contribution < 1.29 is 9.59 Å². The molecule has 4 aromatic rings. The number of rotatable bonds is 8. The molecule has 0 bridgehead atoms. The molecule has 0 fully saturated rings. The molecule has 4 rings (SSSR count). The second-order valence-corrected chi connectivity index (χ2v) is 9.66. The Morgan fingerprint density at radius 2 is 1.50 bits per heavy atom. The second-order valence-electron chi connectivity index (χ2n) is 8.48. The number of anilines is 2. The smallest absolute Gasteiger partial charge is 0.248 e. The first kappa shape index (κ1) is 25.0. The SMILES string of the molecule is Cc1ccc(NC(=O)C(Sc2cccc(NC(=O)/C=C/c3ccccc3)c2)c2ccccc2)c(C)c1. The lowest BCUT2D eigenvalue weighted by atomic mass is 10.1. The van der Waals surface area contributed by atoms with E-state index >= 15 is 0 Å². The number of amides is 2. The molecule has 0 radical (unpaired) electrons. The van der Waals surface area contributed by atoms with Gasteiger partial charge >= 0.3 is 0 Å². The fraction of sp³-hybridized carbons (Fsp3) is 0.0968. The molecule has 2 N–H and O–H groups in total. The third-order valence-corrected chi connectivity index (χ3v) is 6.81. The highest BCUT2D eigenvalue weighted by molar-refractivity contribution is 8.00. The average molecular weight is 493 g/mol. The molecule has 4 nitrogen and oxygen atoms in total. The number of benzene rings is 4. The Morgan fingerprint density at radius 1 is 0.778 bits per heavy atom. The van der Waals surface area contributed by atoms with Gasteiger partial charge < -0.3 is 10.6 Å². The zero-order chi connectivity index (χ0) is 25.3. The minimum Gasteiger partial charge on any atom is -0.325 e. The van der Waals surface area contributed by atoms with Crippen LogP contribution in [-0.2, 0) is 9.59 Å². The third-order valence-electron chi connectivity index (χ3n) is 5.56. The average Bonchev–Trinajstić information content (AvgIpc) is 2.89. The minimum atomic E-state index is -0.462. The number of carbonyl (C=O) groups is 2. The van der Waals surface area contributed by atoms with Crippen LogP contribution < -0.4 is 10.6 Å². The van der Waals surface area contributed by atoms with Crippen molar-refractivity contribution in [3.63, 3.8) is 0 Å². The number of thioether (sulfide) groups is 1. The summed E-state index contributed by atoms with van der Waals surface area (Å²) < 4.78 is 0. The van der Waals surface area contributed by atoms with Crippen molar-refractivity contribution in [3.05, 3.63) is 131 Å². The van der Waals surface area contributed by atoms with Crippen LogP contribution in [0.2, 0.25) is 0 Å². The number of hydrogen-bond acceptors (Lipinski definition) is 3.